The Balaban J connectivity index is 2.18. The lowest BCUT2D eigenvalue weighted by molar-refractivity contribution is -0.386. The average Bonchev–Trinajstić information content (AvgIpc) is 2.92. The van der Waals surface area contributed by atoms with Crippen molar-refractivity contribution >= 4 is 12.0 Å². The van der Waals surface area contributed by atoms with Crippen molar-refractivity contribution < 1.29 is 18.9 Å². The Kier molecular flexibility index (Phi) is 3.77. The number of aldehydes is 1. The van der Waals surface area contributed by atoms with Gasteiger partial charge in [0.1, 0.15) is 12.4 Å². The molecule has 0 N–H and O–H groups in total. The summed E-state index contributed by atoms with van der Waals surface area (Å²) in [6.07, 6.45) is 0.549. The van der Waals surface area contributed by atoms with E-state index in [4.69, 9.17) is 14.4 Å². The van der Waals surface area contributed by atoms with E-state index in [1.165, 1.54) is 18.2 Å². The molecule has 2 rings (SSSR count). The summed E-state index contributed by atoms with van der Waals surface area (Å²) in [5.41, 5.74) is -0.128. The molecule has 1 heterocycles. The lowest BCUT2D eigenvalue weighted by atomic mass is 10.2. The molecule has 0 aliphatic heterocycles. The number of nitrogens with zero attached hydrogens (tertiary/aromatic N) is 2. The molecule has 0 aliphatic rings. The van der Waals surface area contributed by atoms with Gasteiger partial charge in [-0.25, -0.2) is 0 Å². The maximum atomic E-state index is 10.9. The van der Waals surface area contributed by atoms with Crippen molar-refractivity contribution in [1.82, 2.24) is 0 Å². The molecule has 7 nitrogen and oxygen atoms in total. The first kappa shape index (κ1) is 13.3. The number of hydrogen-bond acceptors (Lipinski definition) is 6. The molecule has 20 heavy (non-hydrogen) atoms. The zero-order chi connectivity index (χ0) is 14.5. The van der Waals surface area contributed by atoms with Crippen LogP contribution in [-0.2, 0) is 6.61 Å². The first-order valence-electron chi connectivity index (χ1n) is 5.49. The highest BCUT2D eigenvalue weighted by Crippen LogP contribution is 2.28. The molecular formula is C13H8N2O5. The molecule has 0 aliphatic carbocycles. The van der Waals surface area contributed by atoms with E-state index >= 15 is 0 Å². The molecule has 0 amide bonds. The van der Waals surface area contributed by atoms with Gasteiger partial charge < -0.3 is 9.15 Å². The molecule has 0 saturated heterocycles. The zero-order valence-electron chi connectivity index (χ0n) is 10.1. The topological polar surface area (TPSA) is 106 Å². The van der Waals surface area contributed by atoms with Gasteiger partial charge in [-0.05, 0) is 24.3 Å². The molecular weight excluding hydrogens is 264 g/mol. The highest BCUT2D eigenvalue weighted by molar-refractivity contribution is 5.70. The quantitative estimate of drug-likeness (QED) is 0.470. The second kappa shape index (κ2) is 5.67. The van der Waals surface area contributed by atoms with E-state index in [0.717, 1.165) is 6.07 Å². The molecule has 0 unspecified atom stereocenters. The summed E-state index contributed by atoms with van der Waals surface area (Å²) < 4.78 is 10.4. The fraction of sp³-hybridized carbons (Fsp3) is 0.0769. The zero-order valence-corrected chi connectivity index (χ0v) is 10.1. The van der Waals surface area contributed by atoms with Crippen LogP contribution in [0.3, 0.4) is 0 Å². The fourth-order valence-corrected chi connectivity index (χ4v) is 1.54. The third kappa shape index (κ3) is 2.81. The van der Waals surface area contributed by atoms with Gasteiger partial charge in [0.2, 0.25) is 0 Å². The number of furan rings is 1. The Hall–Kier alpha value is -3.14. The van der Waals surface area contributed by atoms with Crippen LogP contribution < -0.4 is 4.74 Å². The van der Waals surface area contributed by atoms with Crippen molar-refractivity contribution in [2.45, 2.75) is 6.61 Å². The van der Waals surface area contributed by atoms with Crippen molar-refractivity contribution in [3.8, 4) is 11.8 Å². The molecule has 1 aromatic carbocycles. The first-order chi connectivity index (χ1) is 9.63. The number of ether oxygens (including phenoxy) is 1. The molecule has 2 aromatic rings. The molecule has 0 fully saturated rings. The van der Waals surface area contributed by atoms with Crippen LogP contribution in [0, 0.1) is 21.4 Å². The van der Waals surface area contributed by atoms with Gasteiger partial charge in [-0.3, -0.25) is 14.9 Å². The summed E-state index contributed by atoms with van der Waals surface area (Å²) in [6, 6.07) is 8.73. The smallest absolute Gasteiger partial charge is 0.312 e. The predicted octanol–water partition coefficient (Wildman–Crippen LogP) is 2.45. The van der Waals surface area contributed by atoms with Gasteiger partial charge in [-0.1, -0.05) is 0 Å². The van der Waals surface area contributed by atoms with Crippen LogP contribution >= 0.6 is 0 Å². The number of hydrogen-bond donors (Lipinski definition) is 0. The number of nitriles is 1. The minimum Gasteiger partial charge on any atom is -0.479 e. The second-order valence-electron chi connectivity index (χ2n) is 3.76. The van der Waals surface area contributed by atoms with E-state index in [9.17, 15) is 14.9 Å². The average molecular weight is 272 g/mol. The first-order valence-corrected chi connectivity index (χ1v) is 5.49. The predicted molar refractivity (Wildman–Crippen MR) is 66.2 cm³/mol. The SMILES string of the molecule is N#Cc1ccc(OCc2ccc(C=O)o2)c([N+](=O)[O-])c1. The molecule has 100 valence electrons. The van der Waals surface area contributed by atoms with Crippen LogP contribution in [-0.4, -0.2) is 11.2 Å². The largest absolute Gasteiger partial charge is 0.479 e. The summed E-state index contributed by atoms with van der Waals surface area (Å²) in [5.74, 6) is 0.543. The Morgan fingerprint density at radius 1 is 1.40 bits per heavy atom. The second-order valence-corrected chi connectivity index (χ2v) is 3.76. The van der Waals surface area contributed by atoms with Gasteiger partial charge in [-0.15, -0.1) is 0 Å². The maximum absolute atomic E-state index is 10.9. The summed E-state index contributed by atoms with van der Waals surface area (Å²) in [5, 5.41) is 19.6. The standard InChI is InChI=1S/C13H8N2O5/c14-6-9-1-4-13(12(5-9)15(17)18)19-8-11-3-2-10(7-16)20-11/h1-5,7H,8H2. The normalized spacial score (nSPS) is 9.75. The van der Waals surface area contributed by atoms with Crippen LogP contribution in [0.2, 0.25) is 0 Å². The van der Waals surface area contributed by atoms with Crippen molar-refractivity contribution in [1.29, 1.82) is 5.26 Å². The minimum absolute atomic E-state index is 0.0260. The Morgan fingerprint density at radius 3 is 2.80 bits per heavy atom. The lowest BCUT2D eigenvalue weighted by Gasteiger charge is -2.05. The van der Waals surface area contributed by atoms with Crippen LogP contribution in [0.4, 0.5) is 5.69 Å². The maximum Gasteiger partial charge on any atom is 0.312 e. The number of carbonyl (C=O) groups is 1. The summed E-state index contributed by atoms with van der Waals surface area (Å²) in [6.45, 7) is -0.0550. The number of benzene rings is 1. The Labute approximate surface area is 113 Å². The van der Waals surface area contributed by atoms with E-state index < -0.39 is 4.92 Å². The molecule has 0 saturated carbocycles. The highest BCUT2D eigenvalue weighted by atomic mass is 16.6. The van der Waals surface area contributed by atoms with E-state index in [2.05, 4.69) is 0 Å². The third-order valence-electron chi connectivity index (χ3n) is 2.45. The molecule has 0 atom stereocenters. The van der Waals surface area contributed by atoms with Crippen molar-refractivity contribution in [2.75, 3.05) is 0 Å². The Bertz CT molecular complexity index is 699. The van der Waals surface area contributed by atoms with Crippen molar-refractivity contribution in [2.24, 2.45) is 0 Å². The van der Waals surface area contributed by atoms with E-state index in [1.807, 2.05) is 6.07 Å². The highest BCUT2D eigenvalue weighted by Gasteiger charge is 2.16. The number of rotatable bonds is 5. The van der Waals surface area contributed by atoms with Crippen molar-refractivity contribution in [3.63, 3.8) is 0 Å². The van der Waals surface area contributed by atoms with Crippen LogP contribution in [0.1, 0.15) is 21.9 Å². The monoisotopic (exact) mass is 272 g/mol. The third-order valence-corrected chi connectivity index (χ3v) is 2.45. The summed E-state index contributed by atoms with van der Waals surface area (Å²) in [4.78, 5) is 20.7. The lowest BCUT2D eigenvalue weighted by Crippen LogP contribution is -1.98. The number of nitro benzene ring substituents is 1. The number of carbonyl (C=O) groups excluding carboxylic acids is 1. The molecule has 0 radical (unpaired) electrons. The Morgan fingerprint density at radius 2 is 2.20 bits per heavy atom. The molecule has 1 aromatic heterocycles. The van der Waals surface area contributed by atoms with Gasteiger partial charge >= 0.3 is 5.69 Å². The van der Waals surface area contributed by atoms with Crippen LogP contribution in [0.25, 0.3) is 0 Å². The van der Waals surface area contributed by atoms with Crippen molar-refractivity contribution in [3.05, 3.63) is 57.5 Å². The molecule has 0 spiro atoms. The fourth-order valence-electron chi connectivity index (χ4n) is 1.54. The van der Waals surface area contributed by atoms with Crippen LogP contribution in [0.15, 0.2) is 34.7 Å². The summed E-state index contributed by atoms with van der Waals surface area (Å²) >= 11 is 0. The van der Waals surface area contributed by atoms with Gasteiger partial charge in [0.15, 0.2) is 17.8 Å². The summed E-state index contributed by atoms with van der Waals surface area (Å²) in [7, 11) is 0. The van der Waals surface area contributed by atoms with Crippen LogP contribution in [0.5, 0.6) is 5.75 Å². The van der Waals surface area contributed by atoms with Gasteiger partial charge in [0, 0.05) is 6.07 Å². The molecule has 7 heteroatoms. The van der Waals surface area contributed by atoms with E-state index in [0.29, 0.717) is 12.0 Å². The molecule has 0 bridgehead atoms. The van der Waals surface area contributed by atoms with E-state index in [1.54, 1.807) is 6.07 Å². The van der Waals surface area contributed by atoms with Gasteiger partial charge in [0.05, 0.1) is 16.6 Å². The minimum atomic E-state index is -0.630. The van der Waals surface area contributed by atoms with Gasteiger partial charge in [0.25, 0.3) is 0 Å². The van der Waals surface area contributed by atoms with Gasteiger partial charge in [-0.2, -0.15) is 5.26 Å². The van der Waals surface area contributed by atoms with E-state index in [-0.39, 0.29) is 29.4 Å². The number of nitro groups is 1.